The van der Waals surface area contributed by atoms with Crippen molar-refractivity contribution in [2.75, 3.05) is 18.9 Å². The van der Waals surface area contributed by atoms with Crippen LogP contribution in [0.15, 0.2) is 9.59 Å². The third-order valence-corrected chi connectivity index (χ3v) is 2.14. The summed E-state index contributed by atoms with van der Waals surface area (Å²) in [7, 11) is 0. The molecule has 0 radical (unpaired) electrons. The standard InChI is InChI=1S/C8H11N3O4/c9-6-4(3-5-14-1-2-15-5)7(12)11-8(13)10-6/h5H,1-3H2,(H4,9,10,11,12,13). The molecule has 0 spiro atoms. The van der Waals surface area contributed by atoms with Gasteiger partial charge in [0.25, 0.3) is 5.56 Å². The minimum absolute atomic E-state index is 0.0582. The molecule has 0 unspecified atom stereocenters. The van der Waals surface area contributed by atoms with E-state index in [-0.39, 0.29) is 17.8 Å². The summed E-state index contributed by atoms with van der Waals surface area (Å²) in [4.78, 5) is 26.6. The highest BCUT2D eigenvalue weighted by Crippen LogP contribution is 2.11. The van der Waals surface area contributed by atoms with E-state index in [0.29, 0.717) is 13.2 Å². The molecule has 1 aromatic heterocycles. The molecule has 0 amide bonds. The number of H-pyrrole nitrogens is 2. The second-order valence-corrected chi connectivity index (χ2v) is 3.18. The maximum absolute atomic E-state index is 11.4. The van der Waals surface area contributed by atoms with Crippen LogP contribution in [0, 0.1) is 0 Å². The molecule has 0 bridgehead atoms. The zero-order valence-electron chi connectivity index (χ0n) is 7.91. The molecule has 7 nitrogen and oxygen atoms in total. The van der Waals surface area contributed by atoms with Crippen molar-refractivity contribution in [2.45, 2.75) is 12.7 Å². The lowest BCUT2D eigenvalue weighted by Gasteiger charge is -2.09. The van der Waals surface area contributed by atoms with E-state index in [2.05, 4.69) is 9.97 Å². The van der Waals surface area contributed by atoms with E-state index in [1.807, 2.05) is 0 Å². The van der Waals surface area contributed by atoms with E-state index in [4.69, 9.17) is 15.2 Å². The number of hydrogen-bond acceptors (Lipinski definition) is 5. The average Bonchev–Trinajstić information content (AvgIpc) is 2.63. The zero-order valence-corrected chi connectivity index (χ0v) is 7.91. The van der Waals surface area contributed by atoms with Crippen LogP contribution in [-0.2, 0) is 15.9 Å². The van der Waals surface area contributed by atoms with Gasteiger partial charge in [0.15, 0.2) is 6.29 Å². The van der Waals surface area contributed by atoms with Gasteiger partial charge in [0.1, 0.15) is 5.82 Å². The van der Waals surface area contributed by atoms with Crippen LogP contribution in [0.3, 0.4) is 0 Å². The molecule has 2 heterocycles. The number of ether oxygens (including phenoxy) is 2. The smallest absolute Gasteiger partial charge is 0.327 e. The molecule has 1 fully saturated rings. The van der Waals surface area contributed by atoms with Crippen LogP contribution >= 0.6 is 0 Å². The van der Waals surface area contributed by atoms with Crippen LogP contribution in [-0.4, -0.2) is 29.5 Å². The first kappa shape index (κ1) is 9.94. The number of aromatic nitrogens is 2. The molecular formula is C8H11N3O4. The lowest BCUT2D eigenvalue weighted by atomic mass is 10.2. The predicted molar refractivity (Wildman–Crippen MR) is 51.5 cm³/mol. The van der Waals surface area contributed by atoms with Gasteiger partial charge in [0, 0.05) is 6.42 Å². The van der Waals surface area contributed by atoms with E-state index < -0.39 is 17.5 Å². The third kappa shape index (κ3) is 2.08. The first-order valence-electron chi connectivity index (χ1n) is 4.51. The maximum atomic E-state index is 11.4. The maximum Gasteiger partial charge on any atom is 0.327 e. The Morgan fingerprint density at radius 3 is 2.53 bits per heavy atom. The monoisotopic (exact) mass is 213 g/mol. The Morgan fingerprint density at radius 1 is 1.27 bits per heavy atom. The summed E-state index contributed by atoms with van der Waals surface area (Å²) in [6, 6.07) is 0. The Kier molecular flexibility index (Phi) is 2.57. The fourth-order valence-corrected chi connectivity index (χ4v) is 1.42. The number of aromatic amines is 2. The number of nitrogens with two attached hydrogens (primary N) is 1. The van der Waals surface area contributed by atoms with Gasteiger partial charge >= 0.3 is 5.69 Å². The van der Waals surface area contributed by atoms with Crippen molar-refractivity contribution < 1.29 is 9.47 Å². The Hall–Kier alpha value is -1.60. The number of rotatable bonds is 2. The molecular weight excluding hydrogens is 202 g/mol. The van der Waals surface area contributed by atoms with E-state index in [1.54, 1.807) is 0 Å². The average molecular weight is 213 g/mol. The predicted octanol–water partition coefficient (Wildman–Crippen LogP) is -1.44. The van der Waals surface area contributed by atoms with Gasteiger partial charge in [0.05, 0.1) is 18.8 Å². The zero-order chi connectivity index (χ0) is 10.8. The second-order valence-electron chi connectivity index (χ2n) is 3.18. The summed E-state index contributed by atoms with van der Waals surface area (Å²) in [5, 5.41) is 0. The SMILES string of the molecule is Nc1[nH]c(=O)[nH]c(=O)c1CC1OCCO1. The van der Waals surface area contributed by atoms with E-state index in [1.165, 1.54) is 0 Å². The fraction of sp³-hybridized carbons (Fsp3) is 0.500. The highest BCUT2D eigenvalue weighted by Gasteiger charge is 2.19. The number of nitrogen functional groups attached to an aromatic ring is 1. The normalized spacial score (nSPS) is 17.1. The molecule has 1 saturated heterocycles. The van der Waals surface area contributed by atoms with Crippen molar-refractivity contribution in [1.82, 2.24) is 9.97 Å². The van der Waals surface area contributed by atoms with Crippen LogP contribution in [0.2, 0.25) is 0 Å². The van der Waals surface area contributed by atoms with Crippen molar-refractivity contribution in [1.29, 1.82) is 0 Å². The first-order chi connectivity index (χ1) is 7.16. The molecule has 0 aliphatic carbocycles. The summed E-state index contributed by atoms with van der Waals surface area (Å²) in [5.74, 6) is 0.0582. The molecule has 7 heteroatoms. The Balaban J connectivity index is 2.27. The highest BCUT2D eigenvalue weighted by molar-refractivity contribution is 5.36. The molecule has 0 atom stereocenters. The first-order valence-corrected chi connectivity index (χ1v) is 4.51. The van der Waals surface area contributed by atoms with Gasteiger partial charge in [-0.1, -0.05) is 0 Å². The minimum Gasteiger partial charge on any atom is -0.385 e. The van der Waals surface area contributed by atoms with E-state index >= 15 is 0 Å². The van der Waals surface area contributed by atoms with E-state index in [0.717, 1.165) is 0 Å². The third-order valence-electron chi connectivity index (χ3n) is 2.14. The molecule has 15 heavy (non-hydrogen) atoms. The largest absolute Gasteiger partial charge is 0.385 e. The van der Waals surface area contributed by atoms with Crippen molar-refractivity contribution in [2.24, 2.45) is 0 Å². The summed E-state index contributed by atoms with van der Waals surface area (Å²) in [5.41, 5.74) is 4.67. The minimum atomic E-state index is -0.616. The number of hydrogen-bond donors (Lipinski definition) is 3. The van der Waals surface area contributed by atoms with Gasteiger partial charge < -0.3 is 15.2 Å². The van der Waals surface area contributed by atoms with Crippen LogP contribution in [0.4, 0.5) is 5.82 Å². The topological polar surface area (TPSA) is 110 Å². The lowest BCUT2D eigenvalue weighted by molar-refractivity contribution is -0.0401. The fourth-order valence-electron chi connectivity index (χ4n) is 1.42. The van der Waals surface area contributed by atoms with Crippen LogP contribution in [0.25, 0.3) is 0 Å². The van der Waals surface area contributed by atoms with Crippen LogP contribution < -0.4 is 17.0 Å². The summed E-state index contributed by atoms with van der Waals surface area (Å²) in [6.07, 6.45) is -0.225. The molecule has 82 valence electrons. The summed E-state index contributed by atoms with van der Waals surface area (Å²) >= 11 is 0. The molecule has 1 aliphatic rings. The van der Waals surface area contributed by atoms with Gasteiger partial charge in [-0.05, 0) is 0 Å². The van der Waals surface area contributed by atoms with Gasteiger partial charge in [-0.15, -0.1) is 0 Å². The Bertz CT molecular complexity index is 458. The molecule has 0 saturated carbocycles. The van der Waals surface area contributed by atoms with Gasteiger partial charge in [0.2, 0.25) is 0 Å². The van der Waals surface area contributed by atoms with Crippen molar-refractivity contribution in [3.05, 3.63) is 26.4 Å². The lowest BCUT2D eigenvalue weighted by Crippen LogP contribution is -2.29. The summed E-state index contributed by atoms with van der Waals surface area (Å²) in [6.45, 7) is 1.01. The summed E-state index contributed by atoms with van der Waals surface area (Å²) < 4.78 is 10.3. The quantitative estimate of drug-likeness (QED) is 0.557. The Labute approximate surface area is 84.2 Å². The van der Waals surface area contributed by atoms with Gasteiger partial charge in [-0.25, -0.2) is 4.79 Å². The van der Waals surface area contributed by atoms with Gasteiger partial charge in [-0.2, -0.15) is 0 Å². The van der Waals surface area contributed by atoms with Crippen molar-refractivity contribution in [3.63, 3.8) is 0 Å². The Morgan fingerprint density at radius 2 is 1.93 bits per heavy atom. The van der Waals surface area contributed by atoms with Crippen LogP contribution in [0.5, 0.6) is 0 Å². The molecule has 0 aromatic carbocycles. The van der Waals surface area contributed by atoms with Crippen LogP contribution in [0.1, 0.15) is 5.56 Å². The number of nitrogens with one attached hydrogen (secondary N) is 2. The van der Waals surface area contributed by atoms with Gasteiger partial charge in [-0.3, -0.25) is 14.8 Å². The van der Waals surface area contributed by atoms with Crippen molar-refractivity contribution in [3.8, 4) is 0 Å². The molecule has 2 rings (SSSR count). The van der Waals surface area contributed by atoms with Crippen molar-refractivity contribution >= 4 is 5.82 Å². The van der Waals surface area contributed by atoms with E-state index in [9.17, 15) is 9.59 Å². The highest BCUT2D eigenvalue weighted by atomic mass is 16.7. The number of anilines is 1. The molecule has 4 N–H and O–H groups in total. The molecule has 1 aromatic rings. The molecule has 1 aliphatic heterocycles. The second kappa shape index (κ2) is 3.87.